The average Bonchev–Trinajstić information content (AvgIpc) is 2.70. The molecule has 0 amide bonds. The van der Waals surface area contributed by atoms with Crippen molar-refractivity contribution in [2.75, 3.05) is 0 Å². The summed E-state index contributed by atoms with van der Waals surface area (Å²) < 4.78 is 54.4. The summed E-state index contributed by atoms with van der Waals surface area (Å²) in [6.45, 7) is 0. The molecule has 2 unspecified atom stereocenters. The minimum Gasteiger partial charge on any atom is -0.494 e. The van der Waals surface area contributed by atoms with Crippen LogP contribution in [0.15, 0.2) is 12.1 Å². The lowest BCUT2D eigenvalue weighted by Crippen LogP contribution is -2.52. The zero-order valence-corrected chi connectivity index (χ0v) is 13.3. The predicted octanol–water partition coefficient (Wildman–Crippen LogP) is -0.301. The Morgan fingerprint density at radius 2 is 1.64 bits per heavy atom. The molecule has 4 N–H and O–H groups in total. The van der Waals surface area contributed by atoms with Gasteiger partial charge in [-0.1, -0.05) is 0 Å². The number of aromatic nitrogens is 1. The molecule has 1 aromatic heterocycles. The first-order valence-corrected chi connectivity index (χ1v) is 9.86. The molecule has 2 heterocycles. The lowest BCUT2D eigenvalue weighted by Gasteiger charge is -2.28. The molecule has 15 heteroatoms. The van der Waals surface area contributed by atoms with Crippen LogP contribution >= 0.6 is 22.1 Å². The molecule has 0 radical (unpaired) electrons. The van der Waals surface area contributed by atoms with Crippen molar-refractivity contribution in [1.29, 1.82) is 0 Å². The summed E-state index contributed by atoms with van der Waals surface area (Å²) in [6.07, 6.45) is 0. The lowest BCUT2D eigenvalue weighted by atomic mass is 10.3. The molecular formula is C7H7NO10S4. The van der Waals surface area contributed by atoms with Gasteiger partial charge in [-0.2, -0.15) is 15.7 Å². The van der Waals surface area contributed by atoms with E-state index in [0.717, 1.165) is 12.1 Å². The second kappa shape index (κ2) is 5.52. The smallest absolute Gasteiger partial charge is 0.353 e. The highest BCUT2D eigenvalue weighted by molar-refractivity contribution is 8.74. The van der Waals surface area contributed by atoms with Crippen LogP contribution in [0, 0.1) is 0 Å². The molecule has 0 saturated heterocycles. The van der Waals surface area contributed by atoms with Gasteiger partial charge in [0.1, 0.15) is 22.1 Å². The molecule has 0 fully saturated rings. The summed E-state index contributed by atoms with van der Waals surface area (Å²) in [6, 6.07) is 1.56. The first kappa shape index (κ1) is 17.3. The molecule has 11 nitrogen and oxygen atoms in total. The van der Waals surface area contributed by atoms with E-state index in [2.05, 4.69) is 7.26 Å². The number of hydrogen-bond donors (Lipinski definition) is 4. The molecular weight excluding hydrogens is 386 g/mol. The first-order valence-electron chi connectivity index (χ1n) is 4.95. The van der Waals surface area contributed by atoms with E-state index in [4.69, 9.17) is 0 Å². The Morgan fingerprint density at radius 3 is 2.14 bits per heavy atom. The van der Waals surface area contributed by atoms with E-state index >= 15 is 0 Å². The van der Waals surface area contributed by atoms with Gasteiger partial charge in [0.15, 0.2) is 11.8 Å². The summed E-state index contributed by atoms with van der Waals surface area (Å²) in [5, 5.41) is 28.5. The minimum absolute atomic E-state index is 0.000440. The van der Waals surface area contributed by atoms with Gasteiger partial charge >= 0.3 is 21.0 Å². The van der Waals surface area contributed by atoms with Crippen molar-refractivity contribution in [2.24, 2.45) is 0 Å². The summed E-state index contributed by atoms with van der Waals surface area (Å²) in [5.41, 5.74) is 0. The van der Waals surface area contributed by atoms with Crippen molar-refractivity contribution in [3.63, 3.8) is 0 Å². The van der Waals surface area contributed by atoms with Crippen molar-refractivity contribution >= 4 is 53.7 Å². The summed E-state index contributed by atoms with van der Waals surface area (Å²) >= 11 is 0.0622. The standard InChI is InChI=1S/C7H7NO10S4/c9-4-1-2-5(10)8(4)7(6(11)12)3-21(13,14)17-19-20-18-22(7,15)16/h1-3,9-10H,(H,11,12)(H,13,14). The molecule has 1 aromatic rings. The monoisotopic (exact) mass is 393 g/mol. The van der Waals surface area contributed by atoms with Crippen molar-refractivity contribution in [2.45, 2.75) is 4.87 Å². The van der Waals surface area contributed by atoms with Crippen molar-refractivity contribution < 1.29 is 44.6 Å². The van der Waals surface area contributed by atoms with E-state index in [1.54, 1.807) is 0 Å². The predicted molar refractivity (Wildman–Crippen MR) is 76.5 cm³/mol. The zero-order chi connectivity index (χ0) is 16.8. The Hall–Kier alpha value is -1.10. The van der Waals surface area contributed by atoms with Crippen LogP contribution in [-0.2, 0) is 37.1 Å². The van der Waals surface area contributed by atoms with Gasteiger partial charge in [0.25, 0.3) is 0 Å². The van der Waals surface area contributed by atoms with Crippen molar-refractivity contribution in [3.8, 4) is 11.8 Å². The van der Waals surface area contributed by atoms with Gasteiger partial charge in [0.05, 0.1) is 5.37 Å². The molecule has 0 bridgehead atoms. The maximum atomic E-state index is 12.2. The van der Waals surface area contributed by atoms with Crippen LogP contribution in [0.5, 0.6) is 11.8 Å². The van der Waals surface area contributed by atoms with Crippen LogP contribution < -0.4 is 0 Å². The fourth-order valence-electron chi connectivity index (χ4n) is 1.60. The first-order chi connectivity index (χ1) is 10.0. The third-order valence-corrected chi connectivity index (χ3v) is 7.63. The van der Waals surface area contributed by atoms with Gasteiger partial charge in [-0.3, -0.25) is 4.55 Å². The number of aliphatic carboxylic acids is 1. The summed E-state index contributed by atoms with van der Waals surface area (Å²) in [5.74, 6) is -4.22. The Kier molecular flexibility index (Phi) is 4.33. The molecule has 1 aliphatic rings. The number of carboxylic acids is 1. The molecule has 0 saturated carbocycles. The van der Waals surface area contributed by atoms with Crippen LogP contribution in [0.25, 0.3) is 0 Å². The molecule has 124 valence electrons. The number of carbonyl (C=O) groups is 1. The topological polar surface area (TPSA) is 173 Å². The number of aromatic hydroxyl groups is 2. The molecule has 0 aromatic carbocycles. The van der Waals surface area contributed by atoms with Gasteiger partial charge < -0.3 is 15.3 Å². The van der Waals surface area contributed by atoms with Crippen LogP contribution in [0.4, 0.5) is 0 Å². The molecule has 22 heavy (non-hydrogen) atoms. The third kappa shape index (κ3) is 2.64. The Balaban J connectivity index is 3.00. The maximum Gasteiger partial charge on any atom is 0.353 e. The fraction of sp³-hybridized carbons (Fsp3) is 0.143. The van der Waals surface area contributed by atoms with Crippen LogP contribution in [0.1, 0.15) is 0 Å². The number of carboxylic acid groups (broad SMARTS) is 1. The highest BCUT2D eigenvalue weighted by Gasteiger charge is 2.58. The minimum atomic E-state index is -5.17. The van der Waals surface area contributed by atoms with Gasteiger partial charge in [0, 0.05) is 12.1 Å². The van der Waals surface area contributed by atoms with E-state index in [1.807, 2.05) is 0 Å². The molecule has 0 aliphatic carbocycles. The second-order valence-corrected chi connectivity index (χ2v) is 8.72. The molecule has 0 spiro atoms. The van der Waals surface area contributed by atoms with Gasteiger partial charge in [0.2, 0.25) is 10.1 Å². The summed E-state index contributed by atoms with van der Waals surface area (Å²) in [7, 11) is -9.71. The quantitative estimate of drug-likeness (QED) is 0.294. The molecule has 2 rings (SSSR count). The Bertz CT molecular complexity index is 814. The number of nitrogens with zero attached hydrogens (tertiary/aromatic N) is 1. The molecule has 1 aliphatic heterocycles. The van der Waals surface area contributed by atoms with Gasteiger partial charge in [-0.25, -0.2) is 13.6 Å². The number of rotatable bonds is 2. The SMILES string of the molecule is O=C(O)C1(n2c(O)ccc2O)C=S(=O)(O)OSSOS1(=O)=O. The number of hydrogen-bond acceptors (Lipinski definition) is 10. The largest absolute Gasteiger partial charge is 0.494 e. The Labute approximate surface area is 131 Å². The fourth-order valence-corrected chi connectivity index (χ4v) is 6.82. The van der Waals surface area contributed by atoms with E-state index in [-0.39, 0.29) is 32.1 Å². The van der Waals surface area contributed by atoms with Crippen molar-refractivity contribution in [1.82, 2.24) is 4.57 Å². The lowest BCUT2D eigenvalue weighted by molar-refractivity contribution is -0.140. The van der Waals surface area contributed by atoms with Crippen LogP contribution in [0.2, 0.25) is 0 Å². The van der Waals surface area contributed by atoms with E-state index in [9.17, 15) is 37.3 Å². The van der Waals surface area contributed by atoms with Gasteiger partial charge in [-0.05, 0) is 0 Å². The summed E-state index contributed by atoms with van der Waals surface area (Å²) in [4.78, 5) is 8.17. The highest BCUT2D eigenvalue weighted by Crippen LogP contribution is 2.41. The van der Waals surface area contributed by atoms with Crippen LogP contribution in [0.3, 0.4) is 0 Å². The Morgan fingerprint density at radius 1 is 1.14 bits per heavy atom. The normalized spacial score (nSPS) is 31.7. The zero-order valence-electron chi connectivity index (χ0n) is 10.1. The van der Waals surface area contributed by atoms with E-state index in [0.29, 0.717) is 0 Å². The van der Waals surface area contributed by atoms with E-state index < -0.39 is 42.8 Å². The second-order valence-electron chi connectivity index (χ2n) is 3.75. The highest BCUT2D eigenvalue weighted by atomic mass is 33.1. The van der Waals surface area contributed by atoms with Gasteiger partial charge in [-0.15, -0.1) is 0 Å². The molecule has 2 atom stereocenters. The third-order valence-electron chi connectivity index (χ3n) is 2.44. The average molecular weight is 393 g/mol. The van der Waals surface area contributed by atoms with Crippen molar-refractivity contribution in [3.05, 3.63) is 12.1 Å². The van der Waals surface area contributed by atoms with E-state index in [1.165, 1.54) is 0 Å². The maximum absolute atomic E-state index is 12.2. The van der Waals surface area contributed by atoms with Crippen LogP contribution in [-0.4, -0.2) is 48.4 Å².